The summed E-state index contributed by atoms with van der Waals surface area (Å²) in [6.07, 6.45) is 2.07. The fraction of sp³-hybridized carbons (Fsp3) is 0.0566. The first-order chi connectivity index (χ1) is 27.8. The molecule has 0 fully saturated rings. The van der Waals surface area contributed by atoms with Crippen LogP contribution in [0.1, 0.15) is 29.0 Å². The highest BCUT2D eigenvalue weighted by molar-refractivity contribution is 6.18. The molecule has 0 aliphatic heterocycles. The Kier molecular flexibility index (Phi) is 6.06. The van der Waals surface area contributed by atoms with Gasteiger partial charge in [-0.05, 0) is 115 Å². The van der Waals surface area contributed by atoms with Crippen LogP contribution in [0.4, 0.5) is 0 Å². The Bertz CT molecular complexity index is 3500. The predicted molar refractivity (Wildman–Crippen MR) is 233 cm³/mol. The summed E-state index contributed by atoms with van der Waals surface area (Å²) in [7, 11) is 0. The average Bonchev–Trinajstić information content (AvgIpc) is 3.37. The first kappa shape index (κ1) is 30.3. The van der Waals surface area contributed by atoms with Gasteiger partial charge >= 0.3 is 0 Å². The molecular weight excluding hydrogens is 679 g/mol. The van der Waals surface area contributed by atoms with Crippen molar-refractivity contribution in [2.24, 2.45) is 0 Å². The van der Waals surface area contributed by atoms with Crippen molar-refractivity contribution in [1.29, 1.82) is 0 Å². The van der Waals surface area contributed by atoms with Gasteiger partial charge in [0, 0.05) is 33.2 Å². The van der Waals surface area contributed by atoms with Gasteiger partial charge in [-0.1, -0.05) is 133 Å². The van der Waals surface area contributed by atoms with E-state index in [-0.39, 0.29) is 0 Å². The lowest BCUT2D eigenvalue weighted by atomic mass is 9.79. The highest BCUT2D eigenvalue weighted by Gasteiger charge is 2.34. The summed E-state index contributed by atoms with van der Waals surface area (Å²) < 4.78 is 2.38. The van der Waals surface area contributed by atoms with Gasteiger partial charge in [-0.25, -0.2) is 9.97 Å². The molecular formula is C53H33N3. The second kappa shape index (κ2) is 11.2. The molecule has 0 amide bonds. The van der Waals surface area contributed by atoms with E-state index in [2.05, 4.69) is 174 Å². The van der Waals surface area contributed by atoms with Crippen molar-refractivity contribution in [3.8, 4) is 39.5 Å². The maximum absolute atomic E-state index is 5.67. The van der Waals surface area contributed by atoms with Gasteiger partial charge < -0.3 is 0 Å². The molecule has 2 bridgehead atoms. The number of hydrogen-bond donors (Lipinski definition) is 0. The molecule has 1 atom stereocenters. The van der Waals surface area contributed by atoms with Gasteiger partial charge in [0.05, 0.1) is 22.2 Å². The van der Waals surface area contributed by atoms with Crippen LogP contribution >= 0.6 is 0 Å². The summed E-state index contributed by atoms with van der Waals surface area (Å²) in [5.41, 5.74) is 14.9. The molecule has 0 saturated carbocycles. The summed E-state index contributed by atoms with van der Waals surface area (Å²) in [5, 5.41) is 11.0. The van der Waals surface area contributed by atoms with Crippen molar-refractivity contribution in [3.05, 3.63) is 187 Å². The number of aromatic nitrogens is 3. The van der Waals surface area contributed by atoms with Crippen LogP contribution in [0.25, 0.3) is 104 Å². The maximum Gasteiger partial charge on any atom is 0.235 e. The van der Waals surface area contributed by atoms with Crippen molar-refractivity contribution in [2.75, 3.05) is 0 Å². The number of para-hydroxylation sites is 2. The van der Waals surface area contributed by atoms with Crippen LogP contribution in [0.3, 0.4) is 0 Å². The number of hydrogen-bond acceptors (Lipinski definition) is 2. The summed E-state index contributed by atoms with van der Waals surface area (Å²) in [4.78, 5) is 11.1. The summed E-state index contributed by atoms with van der Waals surface area (Å²) in [5.74, 6) is 0.993. The molecule has 0 spiro atoms. The molecule has 2 aliphatic carbocycles. The maximum atomic E-state index is 5.67. The predicted octanol–water partition coefficient (Wildman–Crippen LogP) is 13.6. The quantitative estimate of drug-likeness (QED) is 0.167. The summed E-state index contributed by atoms with van der Waals surface area (Å²) in [6.45, 7) is 0. The fourth-order valence-corrected chi connectivity index (χ4v) is 10.4. The number of benzene rings is 9. The Labute approximate surface area is 323 Å². The minimum Gasteiger partial charge on any atom is -0.277 e. The Morgan fingerprint density at radius 1 is 0.446 bits per heavy atom. The lowest BCUT2D eigenvalue weighted by Crippen LogP contribution is -2.07. The van der Waals surface area contributed by atoms with Gasteiger partial charge in [0.2, 0.25) is 5.95 Å². The molecule has 1 unspecified atom stereocenters. The molecule has 13 rings (SSSR count). The van der Waals surface area contributed by atoms with Gasteiger partial charge in [-0.2, -0.15) is 0 Å². The average molecular weight is 712 g/mol. The van der Waals surface area contributed by atoms with Gasteiger partial charge in [0.15, 0.2) is 0 Å². The summed E-state index contributed by atoms with van der Waals surface area (Å²) >= 11 is 0. The topological polar surface area (TPSA) is 30.7 Å². The van der Waals surface area contributed by atoms with E-state index in [0.29, 0.717) is 11.9 Å². The zero-order chi connectivity index (χ0) is 36.5. The standard InChI is InChI=1S/C53H33N3/c1-2-14-32-28-44-43(27-31(32)13-1)38-25-26-41-45(44)30-47-39-20-10-12-24-49(39)56(52(47)50(41)40-21-8-7-18-36(38)40)53-54-48-23-11-9-22-42(48)51(55-53)46-29-33-15-3-4-16-34(33)35-17-5-6-19-37(35)46/h1-24,27-30,38H,25-26H2. The first-order valence-electron chi connectivity index (χ1n) is 19.7. The van der Waals surface area contributed by atoms with Crippen molar-refractivity contribution in [2.45, 2.75) is 18.8 Å². The molecule has 260 valence electrons. The smallest absolute Gasteiger partial charge is 0.235 e. The van der Waals surface area contributed by atoms with Crippen LogP contribution in [-0.2, 0) is 6.42 Å². The van der Waals surface area contributed by atoms with Crippen molar-refractivity contribution >= 4 is 65.0 Å². The van der Waals surface area contributed by atoms with E-state index >= 15 is 0 Å². The van der Waals surface area contributed by atoms with Gasteiger partial charge in [-0.15, -0.1) is 0 Å². The van der Waals surface area contributed by atoms with E-state index in [1.165, 1.54) is 87.6 Å². The largest absolute Gasteiger partial charge is 0.277 e. The molecule has 3 heteroatoms. The normalized spacial score (nSPS) is 14.5. The van der Waals surface area contributed by atoms with Crippen LogP contribution in [0.2, 0.25) is 0 Å². The van der Waals surface area contributed by atoms with Crippen molar-refractivity contribution in [1.82, 2.24) is 14.5 Å². The molecule has 2 aliphatic rings. The van der Waals surface area contributed by atoms with Crippen LogP contribution in [-0.4, -0.2) is 14.5 Å². The lowest BCUT2D eigenvalue weighted by molar-refractivity contribution is 0.737. The Morgan fingerprint density at radius 3 is 1.98 bits per heavy atom. The molecule has 0 radical (unpaired) electrons. The number of rotatable bonds is 2. The van der Waals surface area contributed by atoms with E-state index in [0.717, 1.165) is 40.5 Å². The monoisotopic (exact) mass is 711 g/mol. The van der Waals surface area contributed by atoms with Gasteiger partial charge in [0.25, 0.3) is 0 Å². The van der Waals surface area contributed by atoms with Crippen molar-refractivity contribution < 1.29 is 0 Å². The third-order valence-corrected chi connectivity index (χ3v) is 12.8. The van der Waals surface area contributed by atoms with Gasteiger partial charge in [-0.3, -0.25) is 4.57 Å². The molecule has 3 nitrogen and oxygen atoms in total. The highest BCUT2D eigenvalue weighted by atomic mass is 15.2. The zero-order valence-electron chi connectivity index (χ0n) is 30.5. The minimum absolute atomic E-state index is 0.299. The highest BCUT2D eigenvalue weighted by Crippen LogP contribution is 2.54. The second-order valence-electron chi connectivity index (χ2n) is 15.6. The number of nitrogens with zero attached hydrogens (tertiary/aromatic N) is 3. The van der Waals surface area contributed by atoms with Gasteiger partial charge in [0.1, 0.15) is 0 Å². The summed E-state index contributed by atoms with van der Waals surface area (Å²) in [6, 6.07) is 62.6. The fourth-order valence-electron chi connectivity index (χ4n) is 10.4. The molecule has 56 heavy (non-hydrogen) atoms. The van der Waals surface area contributed by atoms with Crippen LogP contribution in [0.5, 0.6) is 0 Å². The zero-order valence-corrected chi connectivity index (χ0v) is 30.5. The van der Waals surface area contributed by atoms with E-state index in [1.807, 2.05) is 0 Å². The molecule has 0 N–H and O–H groups in total. The Balaban J connectivity index is 1.19. The van der Waals surface area contributed by atoms with Crippen LogP contribution in [0.15, 0.2) is 170 Å². The number of fused-ring (bicyclic) bond motifs is 17. The molecule has 11 aromatic rings. The third kappa shape index (κ3) is 4.07. The van der Waals surface area contributed by atoms with E-state index in [9.17, 15) is 0 Å². The lowest BCUT2D eigenvalue weighted by Gasteiger charge is -2.25. The molecule has 2 heterocycles. The van der Waals surface area contributed by atoms with Crippen molar-refractivity contribution in [3.63, 3.8) is 0 Å². The Morgan fingerprint density at radius 2 is 1.11 bits per heavy atom. The Hall–Kier alpha value is -7.10. The first-order valence-corrected chi connectivity index (χ1v) is 19.7. The van der Waals surface area contributed by atoms with Crippen LogP contribution < -0.4 is 0 Å². The third-order valence-electron chi connectivity index (χ3n) is 12.8. The van der Waals surface area contributed by atoms with E-state index in [4.69, 9.17) is 9.97 Å². The minimum atomic E-state index is 0.299. The second-order valence-corrected chi connectivity index (χ2v) is 15.6. The van der Waals surface area contributed by atoms with Crippen LogP contribution in [0, 0.1) is 0 Å². The van der Waals surface area contributed by atoms with E-state index in [1.54, 1.807) is 0 Å². The SMILES string of the molecule is c1ccc2c(c1)-c1c3c(cc4c5ccccc5n(-c5nc(-c6cc7ccccc7c7ccccc67)c6ccccc6n5)c14)-c1cc4ccccc4cc1C2CC3. The molecule has 0 saturated heterocycles. The van der Waals surface area contributed by atoms with E-state index < -0.39 is 0 Å². The molecule has 9 aromatic carbocycles. The molecule has 2 aromatic heterocycles.